The highest BCUT2D eigenvalue weighted by atomic mass is 35.5. The molecule has 4 heteroatoms. The number of benzene rings is 1. The van der Waals surface area contributed by atoms with Crippen LogP contribution in [-0.4, -0.2) is 10.5 Å². The Balaban J connectivity index is 3.10. The summed E-state index contributed by atoms with van der Waals surface area (Å²) in [6.07, 6.45) is 0. The quantitative estimate of drug-likeness (QED) is 0.586. The molecule has 1 unspecified atom stereocenters. The Labute approximate surface area is 94.2 Å². The van der Waals surface area contributed by atoms with Crippen LogP contribution in [0.4, 0.5) is 0 Å². The third-order valence-electron chi connectivity index (χ3n) is 2.90. The Morgan fingerprint density at radius 3 is 2.40 bits per heavy atom. The van der Waals surface area contributed by atoms with E-state index in [0.29, 0.717) is 5.02 Å². The molecule has 0 aromatic heterocycles. The fourth-order valence-corrected chi connectivity index (χ4v) is 1.66. The van der Waals surface area contributed by atoms with Crippen LogP contribution in [0.3, 0.4) is 0 Å². The Morgan fingerprint density at radius 1 is 1.40 bits per heavy atom. The van der Waals surface area contributed by atoms with Crippen molar-refractivity contribution in [3.8, 4) is 0 Å². The third kappa shape index (κ3) is 2.29. The molecule has 3 nitrogen and oxygen atoms in total. The van der Waals surface area contributed by atoms with Gasteiger partial charge in [-0.25, -0.2) is 0 Å². The molecule has 1 atom stereocenters. The van der Waals surface area contributed by atoms with Crippen LogP contribution in [-0.2, 0) is 0 Å². The predicted molar refractivity (Wildman–Crippen MR) is 60.9 cm³/mol. The van der Waals surface area contributed by atoms with Crippen LogP contribution in [0.1, 0.15) is 32.3 Å². The Kier molecular flexibility index (Phi) is 3.35. The molecule has 0 aliphatic heterocycles. The highest BCUT2D eigenvalue weighted by molar-refractivity contribution is 6.31. The van der Waals surface area contributed by atoms with Crippen molar-refractivity contribution in [1.82, 2.24) is 0 Å². The number of hydrogen-bond donors (Lipinski definition) is 0. The molecule has 0 bridgehead atoms. The largest absolute Gasteiger partial charge is 0.264 e. The summed E-state index contributed by atoms with van der Waals surface area (Å²) in [6, 6.07) is 7.24. The van der Waals surface area contributed by atoms with E-state index in [4.69, 9.17) is 11.6 Å². The van der Waals surface area contributed by atoms with Gasteiger partial charge in [0.05, 0.1) is 5.92 Å². The zero-order valence-electron chi connectivity index (χ0n) is 9.03. The van der Waals surface area contributed by atoms with Crippen LogP contribution >= 0.6 is 11.6 Å². The topological polar surface area (TPSA) is 43.1 Å². The van der Waals surface area contributed by atoms with Crippen LogP contribution in [0.25, 0.3) is 0 Å². The van der Waals surface area contributed by atoms with Crippen LogP contribution in [0.5, 0.6) is 0 Å². The summed E-state index contributed by atoms with van der Waals surface area (Å²) in [6.45, 7) is 5.05. The maximum Gasteiger partial charge on any atom is 0.223 e. The fourth-order valence-electron chi connectivity index (χ4n) is 1.36. The summed E-state index contributed by atoms with van der Waals surface area (Å²) in [5, 5.41) is 11.5. The standard InChI is InChI=1S/C11H14ClNO2/c1-8(11(2,3)13(14)15)9-6-4-5-7-10(9)12/h4-8H,1-3H3. The van der Waals surface area contributed by atoms with Gasteiger partial charge in [-0.05, 0) is 11.6 Å². The van der Waals surface area contributed by atoms with Crippen LogP contribution in [0, 0.1) is 10.1 Å². The minimum absolute atomic E-state index is 0.221. The van der Waals surface area contributed by atoms with E-state index in [1.807, 2.05) is 25.1 Å². The van der Waals surface area contributed by atoms with Crippen molar-refractivity contribution in [2.45, 2.75) is 32.2 Å². The molecule has 15 heavy (non-hydrogen) atoms. The summed E-state index contributed by atoms with van der Waals surface area (Å²) in [5.74, 6) is -0.221. The average molecular weight is 228 g/mol. The molecule has 0 aliphatic carbocycles. The normalized spacial score (nSPS) is 13.6. The van der Waals surface area contributed by atoms with E-state index in [9.17, 15) is 10.1 Å². The van der Waals surface area contributed by atoms with Gasteiger partial charge in [-0.15, -0.1) is 0 Å². The van der Waals surface area contributed by atoms with E-state index in [1.54, 1.807) is 19.9 Å². The highest BCUT2D eigenvalue weighted by Gasteiger charge is 2.39. The zero-order chi connectivity index (χ0) is 11.6. The van der Waals surface area contributed by atoms with E-state index in [1.165, 1.54) is 0 Å². The molecule has 82 valence electrons. The molecular formula is C11H14ClNO2. The van der Waals surface area contributed by atoms with E-state index in [2.05, 4.69) is 0 Å². The van der Waals surface area contributed by atoms with Crippen LogP contribution in [0.15, 0.2) is 24.3 Å². The van der Waals surface area contributed by atoms with Crippen LogP contribution < -0.4 is 0 Å². The van der Waals surface area contributed by atoms with Gasteiger partial charge in [0.1, 0.15) is 0 Å². The molecule has 0 spiro atoms. The first-order chi connectivity index (χ1) is 6.87. The fraction of sp³-hybridized carbons (Fsp3) is 0.455. The lowest BCUT2D eigenvalue weighted by atomic mass is 9.84. The molecule has 0 amide bonds. The minimum Gasteiger partial charge on any atom is -0.264 e. The van der Waals surface area contributed by atoms with Crippen molar-refractivity contribution in [2.24, 2.45) is 0 Å². The van der Waals surface area contributed by atoms with E-state index >= 15 is 0 Å². The third-order valence-corrected chi connectivity index (χ3v) is 3.25. The van der Waals surface area contributed by atoms with Gasteiger partial charge in [0.15, 0.2) is 0 Å². The average Bonchev–Trinajstić information content (AvgIpc) is 2.17. The Morgan fingerprint density at radius 2 is 1.93 bits per heavy atom. The molecule has 1 aromatic carbocycles. The Hall–Kier alpha value is -1.09. The highest BCUT2D eigenvalue weighted by Crippen LogP contribution is 2.33. The van der Waals surface area contributed by atoms with Crippen molar-refractivity contribution in [1.29, 1.82) is 0 Å². The summed E-state index contributed by atoms with van der Waals surface area (Å²) in [4.78, 5) is 10.6. The van der Waals surface area contributed by atoms with E-state index in [0.717, 1.165) is 5.56 Å². The first-order valence-corrected chi connectivity index (χ1v) is 5.14. The van der Waals surface area contributed by atoms with Gasteiger partial charge in [-0.2, -0.15) is 0 Å². The van der Waals surface area contributed by atoms with E-state index < -0.39 is 5.54 Å². The molecule has 1 rings (SSSR count). The van der Waals surface area contributed by atoms with Crippen molar-refractivity contribution in [3.05, 3.63) is 45.0 Å². The summed E-state index contributed by atoms with van der Waals surface area (Å²) >= 11 is 6.01. The second kappa shape index (κ2) is 4.19. The molecule has 0 saturated carbocycles. The maximum absolute atomic E-state index is 10.9. The van der Waals surface area contributed by atoms with Crippen molar-refractivity contribution in [2.75, 3.05) is 0 Å². The lowest BCUT2D eigenvalue weighted by Gasteiger charge is -2.24. The van der Waals surface area contributed by atoms with Gasteiger partial charge in [0.2, 0.25) is 5.54 Å². The monoisotopic (exact) mass is 227 g/mol. The number of nitrogens with zero attached hydrogens (tertiary/aromatic N) is 1. The molecule has 0 saturated heterocycles. The molecule has 0 N–H and O–H groups in total. The maximum atomic E-state index is 10.9. The summed E-state index contributed by atoms with van der Waals surface area (Å²) in [5.41, 5.74) is -0.189. The van der Waals surface area contributed by atoms with Crippen molar-refractivity contribution >= 4 is 11.6 Å². The minimum atomic E-state index is -1.01. The number of hydrogen-bond acceptors (Lipinski definition) is 2. The Bertz CT molecular complexity index is 377. The molecule has 0 heterocycles. The van der Waals surface area contributed by atoms with E-state index in [-0.39, 0.29) is 10.8 Å². The first kappa shape index (κ1) is 12.0. The van der Waals surface area contributed by atoms with Gasteiger partial charge in [0, 0.05) is 23.8 Å². The molecule has 0 fully saturated rings. The van der Waals surface area contributed by atoms with Gasteiger partial charge in [-0.3, -0.25) is 10.1 Å². The summed E-state index contributed by atoms with van der Waals surface area (Å²) in [7, 11) is 0. The molecule has 0 aliphatic rings. The lowest BCUT2D eigenvalue weighted by molar-refractivity contribution is -0.564. The number of halogens is 1. The molecule has 0 radical (unpaired) electrons. The second-order valence-corrected chi connectivity index (χ2v) is 4.56. The lowest BCUT2D eigenvalue weighted by Crippen LogP contribution is -2.36. The van der Waals surface area contributed by atoms with Gasteiger partial charge < -0.3 is 0 Å². The van der Waals surface area contributed by atoms with Gasteiger partial charge in [-0.1, -0.05) is 36.7 Å². The molecular weight excluding hydrogens is 214 g/mol. The summed E-state index contributed by atoms with van der Waals surface area (Å²) < 4.78 is 0. The van der Waals surface area contributed by atoms with Crippen LogP contribution in [0.2, 0.25) is 5.02 Å². The SMILES string of the molecule is CC(c1ccccc1Cl)C(C)(C)[N+](=O)[O-]. The second-order valence-electron chi connectivity index (χ2n) is 4.15. The molecule has 1 aromatic rings. The zero-order valence-corrected chi connectivity index (χ0v) is 9.78. The van der Waals surface area contributed by atoms with Gasteiger partial charge in [0.25, 0.3) is 0 Å². The predicted octanol–water partition coefficient (Wildman–Crippen LogP) is 3.50. The van der Waals surface area contributed by atoms with Gasteiger partial charge >= 0.3 is 0 Å². The first-order valence-electron chi connectivity index (χ1n) is 4.76. The van der Waals surface area contributed by atoms with Crippen molar-refractivity contribution in [3.63, 3.8) is 0 Å². The smallest absolute Gasteiger partial charge is 0.223 e. The van der Waals surface area contributed by atoms with Crippen molar-refractivity contribution < 1.29 is 4.92 Å². The number of nitro groups is 1. The number of rotatable bonds is 3.